The lowest BCUT2D eigenvalue weighted by Gasteiger charge is -2.13. The zero-order chi connectivity index (χ0) is 13.4. The number of ether oxygens (including phenoxy) is 1. The van der Waals surface area contributed by atoms with E-state index in [0.717, 1.165) is 6.20 Å². The maximum atomic E-state index is 12.1. The Balaban J connectivity index is 3.48. The summed E-state index contributed by atoms with van der Waals surface area (Å²) < 4.78 is 62.1. The minimum Gasteiger partial charge on any atom is -0.401 e. The topological polar surface area (TPSA) is 56.3 Å². The Kier molecular flexibility index (Phi) is 4.14. The molecule has 0 spiro atoms. The third kappa shape index (κ3) is 3.85. The molecule has 0 atom stereocenters. The first kappa shape index (κ1) is 14.8. The molecule has 0 aliphatic heterocycles. The van der Waals surface area contributed by atoms with Crippen molar-refractivity contribution in [3.8, 4) is 5.75 Å². The van der Waals surface area contributed by atoms with Crippen molar-refractivity contribution >= 4 is 42.3 Å². The number of aryl methyl sites for hydroxylation is 1. The van der Waals surface area contributed by atoms with Crippen LogP contribution in [-0.4, -0.2) is 19.8 Å². The lowest BCUT2D eigenvalue weighted by molar-refractivity contribution is -0.276. The molecule has 1 aromatic heterocycles. The van der Waals surface area contributed by atoms with E-state index in [9.17, 15) is 21.6 Å². The Bertz CT molecular complexity index is 546. The number of rotatable bonds is 2. The Hall–Kier alpha value is -0.290. The fourth-order valence-electron chi connectivity index (χ4n) is 0.922. The molecule has 0 aliphatic rings. The molecule has 96 valence electrons. The third-order valence-electron chi connectivity index (χ3n) is 1.56. The van der Waals surface area contributed by atoms with Gasteiger partial charge in [0.15, 0.2) is 5.75 Å². The average Bonchev–Trinajstić information content (AvgIpc) is 2.08. The molecule has 0 amide bonds. The zero-order valence-electron chi connectivity index (χ0n) is 8.05. The van der Waals surface area contributed by atoms with Crippen LogP contribution in [-0.2, 0) is 9.05 Å². The summed E-state index contributed by atoms with van der Waals surface area (Å²) in [7, 11) is 0.562. The van der Waals surface area contributed by atoms with E-state index in [1.165, 1.54) is 29.5 Å². The summed E-state index contributed by atoms with van der Waals surface area (Å²) in [6, 6.07) is 0. The summed E-state index contributed by atoms with van der Waals surface area (Å²) in [5.74, 6) is -0.909. The molecular formula is C7H4ClF3INO3S. The predicted molar refractivity (Wildman–Crippen MR) is 61.4 cm³/mol. The van der Waals surface area contributed by atoms with Crippen molar-refractivity contribution in [1.29, 1.82) is 0 Å². The lowest BCUT2D eigenvalue weighted by Crippen LogP contribution is -2.20. The van der Waals surface area contributed by atoms with Gasteiger partial charge in [-0.05, 0) is 35.1 Å². The average molecular weight is 402 g/mol. The fraction of sp³-hybridized carbons (Fsp3) is 0.286. The molecule has 0 bridgehead atoms. The summed E-state index contributed by atoms with van der Waals surface area (Å²) in [6.45, 7) is 1.46. The van der Waals surface area contributed by atoms with Crippen LogP contribution in [0.5, 0.6) is 5.75 Å². The highest BCUT2D eigenvalue weighted by Gasteiger charge is 2.36. The molecule has 1 heterocycles. The smallest absolute Gasteiger partial charge is 0.401 e. The first-order valence-corrected chi connectivity index (χ1v) is 7.26. The van der Waals surface area contributed by atoms with Gasteiger partial charge in [0, 0.05) is 16.9 Å². The number of halogens is 5. The van der Waals surface area contributed by atoms with E-state index in [1.54, 1.807) is 0 Å². The second-order valence-electron chi connectivity index (χ2n) is 2.88. The van der Waals surface area contributed by atoms with Gasteiger partial charge in [0.1, 0.15) is 0 Å². The molecule has 0 aliphatic carbocycles. The van der Waals surface area contributed by atoms with Gasteiger partial charge in [-0.2, -0.15) is 0 Å². The van der Waals surface area contributed by atoms with Gasteiger partial charge in [-0.15, -0.1) is 13.2 Å². The number of pyridine rings is 1. The normalized spacial score (nSPS) is 12.6. The number of nitrogens with zero attached hydrogens (tertiary/aromatic N) is 1. The van der Waals surface area contributed by atoms with Crippen molar-refractivity contribution in [1.82, 2.24) is 4.98 Å². The molecule has 0 saturated carbocycles. The van der Waals surface area contributed by atoms with Gasteiger partial charge in [-0.3, -0.25) is 0 Å². The second kappa shape index (κ2) is 4.76. The van der Waals surface area contributed by atoms with Gasteiger partial charge in [0.2, 0.25) is 5.03 Å². The van der Waals surface area contributed by atoms with E-state index >= 15 is 0 Å². The first-order chi connectivity index (χ1) is 7.52. The molecular weight excluding hydrogens is 397 g/mol. The predicted octanol–water partition coefficient (Wildman–Crippen LogP) is 2.82. The SMILES string of the molecule is Cc1cnc(S(=O)(=O)Cl)c(OC(F)(F)F)c1I. The van der Waals surface area contributed by atoms with Gasteiger partial charge < -0.3 is 4.74 Å². The van der Waals surface area contributed by atoms with Gasteiger partial charge in [0.05, 0.1) is 3.57 Å². The van der Waals surface area contributed by atoms with Gasteiger partial charge in [0.25, 0.3) is 9.05 Å². The number of hydrogen-bond acceptors (Lipinski definition) is 4. The minimum absolute atomic E-state index is 0.0193. The molecule has 0 fully saturated rings. The Morgan fingerprint density at radius 3 is 2.41 bits per heavy atom. The van der Waals surface area contributed by atoms with Crippen LogP contribution in [0.4, 0.5) is 13.2 Å². The maximum Gasteiger partial charge on any atom is 0.573 e. The van der Waals surface area contributed by atoms with E-state index in [1.807, 2.05) is 0 Å². The van der Waals surface area contributed by atoms with E-state index in [-0.39, 0.29) is 3.57 Å². The van der Waals surface area contributed by atoms with Crippen LogP contribution >= 0.6 is 33.3 Å². The molecule has 4 nitrogen and oxygen atoms in total. The summed E-state index contributed by atoms with van der Waals surface area (Å²) in [5.41, 5.74) is 0.342. The molecule has 0 saturated heterocycles. The number of hydrogen-bond donors (Lipinski definition) is 0. The van der Waals surface area contributed by atoms with Crippen molar-refractivity contribution < 1.29 is 26.3 Å². The second-order valence-corrected chi connectivity index (χ2v) is 6.44. The van der Waals surface area contributed by atoms with Crippen molar-refractivity contribution in [2.24, 2.45) is 0 Å². The standard InChI is InChI=1S/C7H4ClF3INO3S/c1-3-2-13-6(17(8,14)15)5(4(3)12)16-7(9,10)11/h2H,1H3. The largest absolute Gasteiger partial charge is 0.573 e. The lowest BCUT2D eigenvalue weighted by atomic mass is 10.3. The van der Waals surface area contributed by atoms with Crippen LogP contribution in [0.2, 0.25) is 0 Å². The number of aromatic nitrogens is 1. The first-order valence-electron chi connectivity index (χ1n) is 3.88. The maximum absolute atomic E-state index is 12.1. The van der Waals surface area contributed by atoms with Crippen LogP contribution in [0.25, 0.3) is 0 Å². The quantitative estimate of drug-likeness (QED) is 0.565. The highest BCUT2D eigenvalue weighted by Crippen LogP contribution is 2.35. The molecule has 17 heavy (non-hydrogen) atoms. The Morgan fingerprint density at radius 2 is 2.00 bits per heavy atom. The Morgan fingerprint density at radius 1 is 1.47 bits per heavy atom. The Labute approximate surface area is 113 Å². The highest BCUT2D eigenvalue weighted by molar-refractivity contribution is 14.1. The van der Waals surface area contributed by atoms with Crippen LogP contribution in [0.3, 0.4) is 0 Å². The third-order valence-corrected chi connectivity index (χ3v) is 4.10. The summed E-state index contributed by atoms with van der Waals surface area (Å²) in [6.07, 6.45) is -3.92. The zero-order valence-corrected chi connectivity index (χ0v) is 11.8. The molecule has 1 rings (SSSR count). The molecule has 10 heteroatoms. The number of alkyl halides is 3. The summed E-state index contributed by atoms with van der Waals surface area (Å²) in [5, 5.41) is -0.952. The van der Waals surface area contributed by atoms with Crippen molar-refractivity contribution in [3.05, 3.63) is 15.3 Å². The van der Waals surface area contributed by atoms with Crippen molar-refractivity contribution in [3.63, 3.8) is 0 Å². The van der Waals surface area contributed by atoms with Crippen LogP contribution in [0.1, 0.15) is 5.56 Å². The van der Waals surface area contributed by atoms with Crippen LogP contribution in [0.15, 0.2) is 11.2 Å². The molecule has 0 unspecified atom stereocenters. The van der Waals surface area contributed by atoms with E-state index < -0.39 is 26.2 Å². The highest BCUT2D eigenvalue weighted by atomic mass is 127. The fourth-order valence-corrected chi connectivity index (χ4v) is 2.48. The van der Waals surface area contributed by atoms with Gasteiger partial charge in [-0.1, -0.05) is 0 Å². The van der Waals surface area contributed by atoms with Crippen molar-refractivity contribution in [2.75, 3.05) is 0 Å². The van der Waals surface area contributed by atoms with Crippen LogP contribution in [0, 0.1) is 10.5 Å². The molecule has 1 aromatic rings. The minimum atomic E-state index is -5.02. The van der Waals surface area contributed by atoms with Gasteiger partial charge >= 0.3 is 6.36 Å². The molecule has 0 N–H and O–H groups in total. The van der Waals surface area contributed by atoms with E-state index in [0.29, 0.717) is 5.56 Å². The van der Waals surface area contributed by atoms with E-state index in [4.69, 9.17) is 10.7 Å². The summed E-state index contributed by atoms with van der Waals surface area (Å²) >= 11 is 1.52. The van der Waals surface area contributed by atoms with Gasteiger partial charge in [-0.25, -0.2) is 13.4 Å². The monoisotopic (exact) mass is 401 g/mol. The molecule has 0 aromatic carbocycles. The molecule has 0 radical (unpaired) electrons. The van der Waals surface area contributed by atoms with E-state index in [2.05, 4.69) is 9.72 Å². The van der Waals surface area contributed by atoms with Crippen LogP contribution < -0.4 is 4.74 Å². The van der Waals surface area contributed by atoms with Crippen molar-refractivity contribution in [2.45, 2.75) is 18.3 Å². The summed E-state index contributed by atoms with van der Waals surface area (Å²) in [4.78, 5) is 3.34.